The molecule has 1 aliphatic heterocycles. The fourth-order valence-electron chi connectivity index (χ4n) is 3.38. The smallest absolute Gasteiger partial charge is 0.291 e. The number of oxazole rings is 1. The van der Waals surface area contributed by atoms with E-state index in [-0.39, 0.29) is 11.8 Å². The number of rotatable bonds is 3. The van der Waals surface area contributed by atoms with E-state index in [0.29, 0.717) is 37.8 Å². The number of benzene rings is 1. The first-order valence-electron chi connectivity index (χ1n) is 8.44. The number of carbonyl (C=O) groups excluding carboxylic acids is 1. The van der Waals surface area contributed by atoms with Crippen molar-refractivity contribution in [2.45, 2.75) is 13.3 Å². The molecule has 6 nitrogen and oxygen atoms in total. The molecule has 4 rings (SSSR count). The van der Waals surface area contributed by atoms with E-state index in [1.165, 1.54) is 12.0 Å². The van der Waals surface area contributed by atoms with E-state index >= 15 is 0 Å². The number of furan rings is 1. The van der Waals surface area contributed by atoms with Crippen LogP contribution in [0.3, 0.4) is 0 Å². The van der Waals surface area contributed by atoms with Crippen molar-refractivity contribution in [2.24, 2.45) is 5.92 Å². The number of aryl methyl sites for hydroxylation is 1. The van der Waals surface area contributed by atoms with Gasteiger partial charge in [-0.2, -0.15) is 0 Å². The Morgan fingerprint density at radius 2 is 2.24 bits per heavy atom. The van der Waals surface area contributed by atoms with Crippen LogP contribution in [0.1, 0.15) is 21.8 Å². The monoisotopic (exact) mass is 340 g/mol. The number of carbonyl (C=O) groups is 1. The van der Waals surface area contributed by atoms with Crippen molar-refractivity contribution in [3.05, 3.63) is 53.9 Å². The summed E-state index contributed by atoms with van der Waals surface area (Å²) in [5, 5.41) is 1.12. The zero-order valence-electron chi connectivity index (χ0n) is 14.1. The van der Waals surface area contributed by atoms with Crippen LogP contribution in [0.25, 0.3) is 11.0 Å². The second kappa shape index (κ2) is 6.72. The van der Waals surface area contributed by atoms with Crippen molar-refractivity contribution < 1.29 is 18.4 Å². The molecule has 0 saturated carbocycles. The molecule has 1 aliphatic rings. The minimum Gasteiger partial charge on any atom is -0.464 e. The number of hydrogen-bond acceptors (Lipinski definition) is 5. The Morgan fingerprint density at radius 3 is 3.08 bits per heavy atom. The summed E-state index contributed by atoms with van der Waals surface area (Å²) in [6, 6.07) is 8.06. The lowest BCUT2D eigenvalue weighted by atomic mass is 9.97. The lowest BCUT2D eigenvalue weighted by Crippen LogP contribution is -2.36. The molecule has 130 valence electrons. The number of hydrogen-bond donors (Lipinski definition) is 0. The quantitative estimate of drug-likeness (QED) is 0.733. The average molecular weight is 340 g/mol. The maximum Gasteiger partial charge on any atom is 0.291 e. The Balaban J connectivity index is 1.53. The average Bonchev–Trinajstić information content (AvgIpc) is 3.19. The molecule has 1 saturated heterocycles. The van der Waals surface area contributed by atoms with Crippen LogP contribution >= 0.6 is 0 Å². The predicted molar refractivity (Wildman–Crippen MR) is 91.4 cm³/mol. The number of aromatic nitrogens is 1. The first kappa shape index (κ1) is 15.9. The summed E-state index contributed by atoms with van der Waals surface area (Å²) < 4.78 is 16.5. The molecule has 0 aliphatic carbocycles. The van der Waals surface area contributed by atoms with Crippen molar-refractivity contribution in [1.82, 2.24) is 9.88 Å². The first-order valence-corrected chi connectivity index (χ1v) is 8.44. The summed E-state index contributed by atoms with van der Waals surface area (Å²) >= 11 is 0. The molecule has 1 amide bonds. The number of amides is 1. The molecule has 0 spiro atoms. The highest BCUT2D eigenvalue weighted by atomic mass is 16.5. The van der Waals surface area contributed by atoms with Gasteiger partial charge in [0.05, 0.1) is 25.2 Å². The van der Waals surface area contributed by atoms with Crippen molar-refractivity contribution in [3.63, 3.8) is 0 Å². The molecule has 1 atom stereocenters. The second-order valence-electron chi connectivity index (χ2n) is 6.41. The topological polar surface area (TPSA) is 68.7 Å². The Bertz CT molecular complexity index is 882. The van der Waals surface area contributed by atoms with Gasteiger partial charge in [0.15, 0.2) is 6.39 Å². The van der Waals surface area contributed by atoms with Gasteiger partial charge in [0, 0.05) is 24.4 Å². The first-order chi connectivity index (χ1) is 12.2. The standard InChI is InChI=1S/C19H20N2O4/c1-13-18(25-12-20-13)19(22)21-6-8-23-11-14(10-21)9-15-3-2-4-17-16(15)5-7-24-17/h2-5,7,12,14H,6,8-11H2,1H3/t14-/m1/s1. The lowest BCUT2D eigenvalue weighted by molar-refractivity contribution is 0.0704. The van der Waals surface area contributed by atoms with Gasteiger partial charge in [0.25, 0.3) is 5.91 Å². The Hall–Kier alpha value is -2.60. The van der Waals surface area contributed by atoms with Gasteiger partial charge in [-0.3, -0.25) is 4.79 Å². The van der Waals surface area contributed by atoms with Gasteiger partial charge in [-0.1, -0.05) is 12.1 Å². The fraction of sp³-hybridized carbons (Fsp3) is 0.368. The van der Waals surface area contributed by atoms with Crippen molar-refractivity contribution in [3.8, 4) is 0 Å². The summed E-state index contributed by atoms with van der Waals surface area (Å²) in [6.07, 6.45) is 3.85. The lowest BCUT2D eigenvalue weighted by Gasteiger charge is -2.23. The van der Waals surface area contributed by atoms with Crippen LogP contribution in [-0.4, -0.2) is 42.1 Å². The fourth-order valence-corrected chi connectivity index (χ4v) is 3.38. The Labute approximate surface area is 145 Å². The Kier molecular flexibility index (Phi) is 4.28. The summed E-state index contributed by atoms with van der Waals surface area (Å²) in [4.78, 5) is 18.5. The SMILES string of the molecule is Cc1ncoc1C(=O)N1CCOC[C@H](Cc2cccc3occc23)C1. The highest BCUT2D eigenvalue weighted by Gasteiger charge is 2.27. The molecule has 1 aromatic carbocycles. The van der Waals surface area contributed by atoms with E-state index in [1.54, 1.807) is 18.1 Å². The molecule has 2 aromatic heterocycles. The number of fused-ring (bicyclic) bond motifs is 1. The van der Waals surface area contributed by atoms with Crippen LogP contribution in [0.4, 0.5) is 0 Å². The van der Waals surface area contributed by atoms with E-state index in [4.69, 9.17) is 13.6 Å². The predicted octanol–water partition coefficient (Wildman–Crippen LogP) is 3.06. The van der Waals surface area contributed by atoms with Gasteiger partial charge in [-0.05, 0) is 31.0 Å². The van der Waals surface area contributed by atoms with Crippen LogP contribution < -0.4 is 0 Å². The zero-order valence-corrected chi connectivity index (χ0v) is 14.1. The molecule has 3 aromatic rings. The van der Waals surface area contributed by atoms with Gasteiger partial charge in [-0.15, -0.1) is 0 Å². The molecular formula is C19H20N2O4. The van der Waals surface area contributed by atoms with Gasteiger partial charge in [-0.25, -0.2) is 4.98 Å². The summed E-state index contributed by atoms with van der Waals surface area (Å²) in [7, 11) is 0. The number of ether oxygens (including phenoxy) is 1. The van der Waals surface area contributed by atoms with Crippen LogP contribution in [0.15, 0.2) is 45.8 Å². The highest BCUT2D eigenvalue weighted by Crippen LogP contribution is 2.24. The molecule has 6 heteroatoms. The second-order valence-corrected chi connectivity index (χ2v) is 6.41. The zero-order chi connectivity index (χ0) is 17.2. The summed E-state index contributed by atoms with van der Waals surface area (Å²) in [5.74, 6) is 0.416. The van der Waals surface area contributed by atoms with Gasteiger partial charge < -0.3 is 18.5 Å². The van der Waals surface area contributed by atoms with Crippen molar-refractivity contribution in [1.29, 1.82) is 0 Å². The largest absolute Gasteiger partial charge is 0.464 e. The maximum absolute atomic E-state index is 12.7. The normalized spacial score (nSPS) is 18.4. The molecular weight excluding hydrogens is 320 g/mol. The van der Waals surface area contributed by atoms with E-state index in [2.05, 4.69) is 11.1 Å². The summed E-state index contributed by atoms with van der Waals surface area (Å²) in [5.41, 5.74) is 2.72. The van der Waals surface area contributed by atoms with Crippen LogP contribution in [0.2, 0.25) is 0 Å². The van der Waals surface area contributed by atoms with Crippen molar-refractivity contribution >= 4 is 16.9 Å². The molecule has 0 radical (unpaired) electrons. The third-order valence-corrected chi connectivity index (χ3v) is 4.66. The minimum absolute atomic E-state index is 0.119. The van der Waals surface area contributed by atoms with Crippen LogP contribution in [0, 0.1) is 12.8 Å². The molecule has 0 N–H and O–H groups in total. The van der Waals surface area contributed by atoms with Crippen LogP contribution in [0.5, 0.6) is 0 Å². The van der Waals surface area contributed by atoms with E-state index in [1.807, 2.05) is 18.2 Å². The maximum atomic E-state index is 12.7. The third kappa shape index (κ3) is 3.17. The molecule has 3 heterocycles. The van der Waals surface area contributed by atoms with Gasteiger partial charge in [0.1, 0.15) is 5.58 Å². The van der Waals surface area contributed by atoms with Gasteiger partial charge in [0.2, 0.25) is 5.76 Å². The molecule has 1 fully saturated rings. The highest BCUT2D eigenvalue weighted by molar-refractivity contribution is 5.92. The minimum atomic E-state index is -0.119. The van der Waals surface area contributed by atoms with Crippen LogP contribution in [-0.2, 0) is 11.2 Å². The third-order valence-electron chi connectivity index (χ3n) is 4.66. The van der Waals surface area contributed by atoms with E-state index in [9.17, 15) is 4.79 Å². The van der Waals surface area contributed by atoms with E-state index < -0.39 is 0 Å². The Morgan fingerprint density at radius 1 is 1.32 bits per heavy atom. The molecule has 25 heavy (non-hydrogen) atoms. The molecule has 0 bridgehead atoms. The van der Waals surface area contributed by atoms with Gasteiger partial charge >= 0.3 is 0 Å². The van der Waals surface area contributed by atoms with E-state index in [0.717, 1.165) is 17.4 Å². The summed E-state index contributed by atoms with van der Waals surface area (Å²) in [6.45, 7) is 4.14. The van der Waals surface area contributed by atoms with Crippen molar-refractivity contribution in [2.75, 3.05) is 26.3 Å². The number of nitrogens with zero attached hydrogens (tertiary/aromatic N) is 2. The molecule has 0 unspecified atom stereocenters.